The van der Waals surface area contributed by atoms with E-state index >= 15 is 0 Å². The van der Waals surface area contributed by atoms with E-state index in [1.807, 2.05) is 25.1 Å². The van der Waals surface area contributed by atoms with Crippen molar-refractivity contribution in [3.05, 3.63) is 23.8 Å². The fourth-order valence-corrected chi connectivity index (χ4v) is 1.34. The first-order chi connectivity index (χ1) is 7.63. The first-order valence-corrected chi connectivity index (χ1v) is 5.24. The molecule has 0 aromatic heterocycles. The predicted molar refractivity (Wildman–Crippen MR) is 64.4 cm³/mol. The minimum absolute atomic E-state index is 0.194. The van der Waals surface area contributed by atoms with Crippen molar-refractivity contribution in [1.29, 1.82) is 5.41 Å². The van der Waals surface area contributed by atoms with Crippen LogP contribution in [0, 0.1) is 12.3 Å². The minimum Gasteiger partial charge on any atom is -0.493 e. The molecule has 16 heavy (non-hydrogen) atoms. The summed E-state index contributed by atoms with van der Waals surface area (Å²) in [5.74, 6) is 1.67. The van der Waals surface area contributed by atoms with Crippen LogP contribution in [0.5, 0.6) is 11.5 Å². The molecule has 1 rings (SSSR count). The van der Waals surface area contributed by atoms with Crippen molar-refractivity contribution in [2.45, 2.75) is 19.8 Å². The van der Waals surface area contributed by atoms with E-state index in [4.69, 9.17) is 20.6 Å². The molecule has 0 unspecified atom stereocenters. The number of amidine groups is 1. The molecule has 1 aromatic rings. The van der Waals surface area contributed by atoms with Gasteiger partial charge in [0.05, 0.1) is 19.6 Å². The van der Waals surface area contributed by atoms with Gasteiger partial charge in [-0.25, -0.2) is 0 Å². The average molecular weight is 222 g/mol. The molecule has 0 aliphatic rings. The molecule has 0 spiro atoms. The first-order valence-electron chi connectivity index (χ1n) is 5.24. The number of aryl methyl sites for hydroxylation is 1. The van der Waals surface area contributed by atoms with E-state index in [0.717, 1.165) is 23.5 Å². The standard InChI is InChI=1S/C12H18N2O2/c1-9-5-6-10(11(8-9)15-2)16-7-3-4-12(13)14/h5-6,8H,3-4,7H2,1-2H3,(H3,13,14). The van der Waals surface area contributed by atoms with Gasteiger partial charge in [0, 0.05) is 6.42 Å². The van der Waals surface area contributed by atoms with Crippen molar-refractivity contribution < 1.29 is 9.47 Å². The van der Waals surface area contributed by atoms with Crippen LogP contribution in [0.1, 0.15) is 18.4 Å². The molecular formula is C12H18N2O2. The fraction of sp³-hybridized carbons (Fsp3) is 0.417. The average Bonchev–Trinajstić information content (AvgIpc) is 2.25. The maximum absolute atomic E-state index is 7.08. The van der Waals surface area contributed by atoms with Gasteiger partial charge in [0.15, 0.2) is 11.5 Å². The summed E-state index contributed by atoms with van der Waals surface area (Å²) in [4.78, 5) is 0. The molecule has 0 fully saturated rings. The van der Waals surface area contributed by atoms with Gasteiger partial charge < -0.3 is 15.2 Å². The molecule has 0 atom stereocenters. The van der Waals surface area contributed by atoms with Crippen LogP contribution in [-0.2, 0) is 0 Å². The molecule has 0 saturated carbocycles. The molecule has 1 aromatic carbocycles. The summed E-state index contributed by atoms with van der Waals surface area (Å²) in [5.41, 5.74) is 6.38. The van der Waals surface area contributed by atoms with E-state index in [1.165, 1.54) is 0 Å². The minimum atomic E-state index is 0.194. The third-order valence-electron chi connectivity index (χ3n) is 2.17. The molecule has 0 amide bonds. The molecule has 0 radical (unpaired) electrons. The van der Waals surface area contributed by atoms with Crippen LogP contribution in [0.3, 0.4) is 0 Å². The number of nitrogens with two attached hydrogens (primary N) is 1. The van der Waals surface area contributed by atoms with Gasteiger partial charge in [0.2, 0.25) is 0 Å². The zero-order valence-corrected chi connectivity index (χ0v) is 9.75. The number of benzene rings is 1. The number of hydrogen-bond donors (Lipinski definition) is 2. The Balaban J connectivity index is 2.50. The van der Waals surface area contributed by atoms with E-state index in [-0.39, 0.29) is 5.84 Å². The predicted octanol–water partition coefficient (Wildman–Crippen LogP) is 2.10. The Kier molecular flexibility index (Phi) is 4.64. The normalized spacial score (nSPS) is 9.88. The van der Waals surface area contributed by atoms with Crippen LogP contribution in [0.4, 0.5) is 0 Å². The Labute approximate surface area is 95.9 Å². The number of rotatable bonds is 6. The van der Waals surface area contributed by atoms with E-state index in [0.29, 0.717) is 13.0 Å². The van der Waals surface area contributed by atoms with Gasteiger partial charge in [-0.1, -0.05) is 6.07 Å². The molecule has 4 nitrogen and oxygen atoms in total. The molecule has 0 saturated heterocycles. The number of methoxy groups -OCH3 is 1. The quantitative estimate of drug-likeness (QED) is 0.440. The van der Waals surface area contributed by atoms with Gasteiger partial charge in [-0.05, 0) is 31.0 Å². The monoisotopic (exact) mass is 222 g/mol. The first kappa shape index (κ1) is 12.4. The maximum Gasteiger partial charge on any atom is 0.161 e. The van der Waals surface area contributed by atoms with Crippen molar-refractivity contribution >= 4 is 5.84 Å². The summed E-state index contributed by atoms with van der Waals surface area (Å²) >= 11 is 0. The SMILES string of the molecule is COc1cc(C)ccc1OCCCC(=N)N. The Morgan fingerprint density at radius 3 is 2.75 bits per heavy atom. The van der Waals surface area contributed by atoms with E-state index in [9.17, 15) is 0 Å². The highest BCUT2D eigenvalue weighted by molar-refractivity contribution is 5.76. The Hall–Kier alpha value is -1.71. The van der Waals surface area contributed by atoms with Gasteiger partial charge in [0.1, 0.15) is 0 Å². The van der Waals surface area contributed by atoms with E-state index in [2.05, 4.69) is 0 Å². The number of nitrogens with one attached hydrogen (secondary N) is 1. The number of hydrogen-bond acceptors (Lipinski definition) is 3. The molecule has 4 heteroatoms. The summed E-state index contributed by atoms with van der Waals surface area (Å²) in [6.45, 7) is 2.54. The zero-order chi connectivity index (χ0) is 12.0. The largest absolute Gasteiger partial charge is 0.493 e. The fourth-order valence-electron chi connectivity index (χ4n) is 1.34. The van der Waals surface area contributed by atoms with Crippen molar-refractivity contribution in [1.82, 2.24) is 0 Å². The second-order valence-corrected chi connectivity index (χ2v) is 3.63. The number of ether oxygens (including phenoxy) is 2. The summed E-state index contributed by atoms with van der Waals surface area (Å²) in [5, 5.41) is 7.08. The van der Waals surface area contributed by atoms with Crippen molar-refractivity contribution in [2.24, 2.45) is 5.73 Å². The summed E-state index contributed by atoms with van der Waals surface area (Å²) in [7, 11) is 1.62. The highest BCUT2D eigenvalue weighted by Crippen LogP contribution is 2.27. The summed E-state index contributed by atoms with van der Waals surface area (Å²) in [6, 6.07) is 5.80. The van der Waals surface area contributed by atoms with Crippen LogP contribution in [0.25, 0.3) is 0 Å². The smallest absolute Gasteiger partial charge is 0.161 e. The lowest BCUT2D eigenvalue weighted by Crippen LogP contribution is -2.11. The second-order valence-electron chi connectivity index (χ2n) is 3.63. The maximum atomic E-state index is 7.08. The van der Waals surface area contributed by atoms with E-state index < -0.39 is 0 Å². The molecular weight excluding hydrogens is 204 g/mol. The van der Waals surface area contributed by atoms with Crippen LogP contribution < -0.4 is 15.2 Å². The van der Waals surface area contributed by atoms with Crippen LogP contribution in [-0.4, -0.2) is 19.6 Å². The van der Waals surface area contributed by atoms with Gasteiger partial charge in [-0.2, -0.15) is 0 Å². The molecule has 88 valence electrons. The Morgan fingerprint density at radius 1 is 1.38 bits per heavy atom. The topological polar surface area (TPSA) is 68.3 Å². The van der Waals surface area contributed by atoms with Crippen LogP contribution in [0.2, 0.25) is 0 Å². The van der Waals surface area contributed by atoms with Gasteiger partial charge in [0.25, 0.3) is 0 Å². The Bertz CT molecular complexity index is 364. The molecule has 0 heterocycles. The lowest BCUT2D eigenvalue weighted by molar-refractivity contribution is 0.291. The summed E-state index contributed by atoms with van der Waals surface area (Å²) < 4.78 is 10.8. The van der Waals surface area contributed by atoms with Gasteiger partial charge in [-0.3, -0.25) is 5.41 Å². The molecule has 0 bridgehead atoms. The lowest BCUT2D eigenvalue weighted by Gasteiger charge is -2.10. The van der Waals surface area contributed by atoms with Gasteiger partial charge >= 0.3 is 0 Å². The Morgan fingerprint density at radius 2 is 2.12 bits per heavy atom. The highest BCUT2D eigenvalue weighted by Gasteiger charge is 2.03. The highest BCUT2D eigenvalue weighted by atomic mass is 16.5. The molecule has 0 aliphatic carbocycles. The third-order valence-corrected chi connectivity index (χ3v) is 2.17. The van der Waals surface area contributed by atoms with Crippen molar-refractivity contribution in [2.75, 3.05) is 13.7 Å². The summed E-state index contributed by atoms with van der Waals surface area (Å²) in [6.07, 6.45) is 1.31. The third kappa shape index (κ3) is 3.81. The molecule has 3 N–H and O–H groups in total. The van der Waals surface area contributed by atoms with Crippen LogP contribution >= 0.6 is 0 Å². The molecule has 0 aliphatic heterocycles. The zero-order valence-electron chi connectivity index (χ0n) is 9.75. The van der Waals surface area contributed by atoms with Gasteiger partial charge in [-0.15, -0.1) is 0 Å². The second kappa shape index (κ2) is 6.00. The van der Waals surface area contributed by atoms with E-state index in [1.54, 1.807) is 7.11 Å². The lowest BCUT2D eigenvalue weighted by atomic mass is 10.2. The van der Waals surface area contributed by atoms with Crippen molar-refractivity contribution in [3.63, 3.8) is 0 Å². The van der Waals surface area contributed by atoms with Crippen LogP contribution in [0.15, 0.2) is 18.2 Å². The van der Waals surface area contributed by atoms with Crippen molar-refractivity contribution in [3.8, 4) is 11.5 Å².